The zero-order valence-corrected chi connectivity index (χ0v) is 9.51. The van der Waals surface area contributed by atoms with Crippen molar-refractivity contribution in [1.82, 2.24) is 5.32 Å². The number of hydrogen-bond donors (Lipinski definition) is 2. The molecule has 3 nitrogen and oxygen atoms in total. The Morgan fingerprint density at radius 3 is 2.87 bits per heavy atom. The molecule has 0 unspecified atom stereocenters. The number of aryl methyl sites for hydroxylation is 1. The number of aliphatic hydroxyl groups excluding tert-OH is 1. The second kappa shape index (κ2) is 5.14. The fourth-order valence-corrected chi connectivity index (χ4v) is 1.38. The highest BCUT2D eigenvalue weighted by molar-refractivity contribution is 6.34. The maximum absolute atomic E-state index is 11.7. The second-order valence-corrected chi connectivity index (χ2v) is 3.87. The Morgan fingerprint density at radius 2 is 2.27 bits per heavy atom. The van der Waals surface area contributed by atoms with Crippen LogP contribution in [0.15, 0.2) is 18.2 Å². The van der Waals surface area contributed by atoms with Crippen LogP contribution in [0.2, 0.25) is 5.02 Å². The molecular formula is C11H14ClNO2. The molecule has 0 aliphatic rings. The predicted octanol–water partition coefficient (Wildman–Crippen LogP) is 1.76. The first-order valence-corrected chi connectivity index (χ1v) is 5.11. The van der Waals surface area contributed by atoms with Crippen molar-refractivity contribution >= 4 is 17.5 Å². The summed E-state index contributed by atoms with van der Waals surface area (Å²) in [6.45, 7) is 3.48. The number of carbonyl (C=O) groups excluding carboxylic acids is 1. The molecule has 0 aromatic heterocycles. The van der Waals surface area contributed by atoms with E-state index in [1.165, 1.54) is 0 Å². The van der Waals surface area contributed by atoms with Crippen LogP contribution in [0.5, 0.6) is 0 Å². The van der Waals surface area contributed by atoms with E-state index in [1.54, 1.807) is 19.1 Å². The maximum atomic E-state index is 11.7. The maximum Gasteiger partial charge on any atom is 0.253 e. The van der Waals surface area contributed by atoms with E-state index >= 15 is 0 Å². The minimum Gasteiger partial charge on any atom is -0.394 e. The summed E-state index contributed by atoms with van der Waals surface area (Å²) >= 11 is 5.99. The lowest BCUT2D eigenvalue weighted by molar-refractivity contribution is 0.0922. The van der Waals surface area contributed by atoms with Gasteiger partial charge >= 0.3 is 0 Å². The molecule has 0 saturated carbocycles. The van der Waals surface area contributed by atoms with Crippen molar-refractivity contribution < 1.29 is 9.90 Å². The zero-order valence-electron chi connectivity index (χ0n) is 8.75. The number of nitrogens with one attached hydrogen (secondary N) is 1. The minimum absolute atomic E-state index is 0.0881. The number of aliphatic hydroxyl groups is 1. The van der Waals surface area contributed by atoms with Gasteiger partial charge in [0, 0.05) is 6.04 Å². The molecular weight excluding hydrogens is 214 g/mol. The van der Waals surface area contributed by atoms with Gasteiger partial charge in [0.25, 0.3) is 5.91 Å². The lowest BCUT2D eigenvalue weighted by Crippen LogP contribution is -2.35. The summed E-state index contributed by atoms with van der Waals surface area (Å²) in [6, 6.07) is 5.01. The second-order valence-electron chi connectivity index (χ2n) is 3.49. The van der Waals surface area contributed by atoms with Gasteiger partial charge in [0.1, 0.15) is 0 Å². The van der Waals surface area contributed by atoms with E-state index < -0.39 is 0 Å². The summed E-state index contributed by atoms with van der Waals surface area (Å²) in [5.41, 5.74) is 1.30. The first-order valence-electron chi connectivity index (χ1n) is 4.73. The van der Waals surface area contributed by atoms with Crippen LogP contribution < -0.4 is 5.32 Å². The lowest BCUT2D eigenvalue weighted by atomic mass is 10.1. The molecule has 0 aliphatic carbocycles. The predicted molar refractivity (Wildman–Crippen MR) is 60.2 cm³/mol. The standard InChI is InChI=1S/C11H14ClNO2/c1-7-4-3-5-9(10(7)12)11(15)13-8(2)6-14/h3-5,8,14H,6H2,1-2H3,(H,13,15)/t8-/m1/s1. The zero-order chi connectivity index (χ0) is 11.4. The highest BCUT2D eigenvalue weighted by atomic mass is 35.5. The Hall–Kier alpha value is -1.06. The van der Waals surface area contributed by atoms with Gasteiger partial charge in [-0.2, -0.15) is 0 Å². The number of carbonyl (C=O) groups is 1. The normalized spacial score (nSPS) is 12.3. The summed E-state index contributed by atoms with van der Waals surface area (Å²) < 4.78 is 0. The third kappa shape index (κ3) is 2.94. The molecule has 15 heavy (non-hydrogen) atoms. The van der Waals surface area contributed by atoms with Crippen LogP contribution in [0.4, 0.5) is 0 Å². The van der Waals surface area contributed by atoms with Crippen LogP contribution in [0.3, 0.4) is 0 Å². The van der Waals surface area contributed by atoms with Crippen LogP contribution in [0.25, 0.3) is 0 Å². The van der Waals surface area contributed by atoms with E-state index in [2.05, 4.69) is 5.32 Å². The van der Waals surface area contributed by atoms with Crippen LogP contribution >= 0.6 is 11.6 Å². The van der Waals surface area contributed by atoms with Gasteiger partial charge < -0.3 is 10.4 Å². The highest BCUT2D eigenvalue weighted by Crippen LogP contribution is 2.20. The van der Waals surface area contributed by atoms with E-state index in [1.807, 2.05) is 13.0 Å². The number of hydrogen-bond acceptors (Lipinski definition) is 2. The largest absolute Gasteiger partial charge is 0.394 e. The number of amides is 1. The number of rotatable bonds is 3. The van der Waals surface area contributed by atoms with Crippen molar-refractivity contribution in [2.24, 2.45) is 0 Å². The molecule has 0 aliphatic heterocycles. The SMILES string of the molecule is Cc1cccc(C(=O)N[C@H](C)CO)c1Cl. The van der Waals surface area contributed by atoms with Crippen LogP contribution in [0.1, 0.15) is 22.8 Å². The summed E-state index contributed by atoms with van der Waals surface area (Å²) in [7, 11) is 0. The molecule has 1 aromatic carbocycles. The molecule has 82 valence electrons. The number of halogens is 1. The van der Waals surface area contributed by atoms with Crippen LogP contribution in [-0.4, -0.2) is 23.7 Å². The van der Waals surface area contributed by atoms with Gasteiger partial charge in [-0.3, -0.25) is 4.79 Å². The summed E-state index contributed by atoms with van der Waals surface area (Å²) in [5.74, 6) is -0.259. The molecule has 2 N–H and O–H groups in total. The van der Waals surface area contributed by atoms with Gasteiger partial charge in [0.2, 0.25) is 0 Å². The first-order chi connectivity index (χ1) is 7.06. The molecule has 1 aromatic rings. The minimum atomic E-state index is -0.269. The fourth-order valence-electron chi connectivity index (χ4n) is 1.17. The average Bonchev–Trinajstić information content (AvgIpc) is 2.21. The highest BCUT2D eigenvalue weighted by Gasteiger charge is 2.13. The molecule has 1 rings (SSSR count). The number of benzene rings is 1. The lowest BCUT2D eigenvalue weighted by Gasteiger charge is -2.12. The summed E-state index contributed by atoms with van der Waals surface area (Å²) in [4.78, 5) is 11.7. The van der Waals surface area contributed by atoms with E-state index in [9.17, 15) is 4.79 Å². The third-order valence-electron chi connectivity index (χ3n) is 2.09. The van der Waals surface area contributed by atoms with Crippen LogP contribution in [0, 0.1) is 6.92 Å². The van der Waals surface area contributed by atoms with Crippen molar-refractivity contribution in [1.29, 1.82) is 0 Å². The van der Waals surface area contributed by atoms with Gasteiger partial charge in [-0.15, -0.1) is 0 Å². The molecule has 0 fully saturated rings. The fraction of sp³-hybridized carbons (Fsp3) is 0.364. The van der Waals surface area contributed by atoms with Crippen molar-refractivity contribution in [2.45, 2.75) is 19.9 Å². The molecule has 0 spiro atoms. The first kappa shape index (κ1) is 12.0. The topological polar surface area (TPSA) is 49.3 Å². The van der Waals surface area contributed by atoms with Gasteiger partial charge in [-0.25, -0.2) is 0 Å². The Balaban J connectivity index is 2.87. The molecule has 0 saturated heterocycles. The van der Waals surface area contributed by atoms with E-state index in [0.29, 0.717) is 10.6 Å². The Bertz CT molecular complexity index is 366. The van der Waals surface area contributed by atoms with Gasteiger partial charge in [0.05, 0.1) is 17.2 Å². The van der Waals surface area contributed by atoms with Gasteiger partial charge in [0.15, 0.2) is 0 Å². The Labute approximate surface area is 94.1 Å². The summed E-state index contributed by atoms with van der Waals surface area (Å²) in [5, 5.41) is 11.9. The van der Waals surface area contributed by atoms with Crippen molar-refractivity contribution in [3.63, 3.8) is 0 Å². The molecule has 4 heteroatoms. The van der Waals surface area contributed by atoms with Crippen molar-refractivity contribution in [3.05, 3.63) is 34.3 Å². The van der Waals surface area contributed by atoms with E-state index in [4.69, 9.17) is 16.7 Å². The molecule has 0 heterocycles. The van der Waals surface area contributed by atoms with Crippen LogP contribution in [-0.2, 0) is 0 Å². The van der Waals surface area contributed by atoms with E-state index in [-0.39, 0.29) is 18.6 Å². The Morgan fingerprint density at radius 1 is 1.60 bits per heavy atom. The Kier molecular flexibility index (Phi) is 4.12. The monoisotopic (exact) mass is 227 g/mol. The smallest absolute Gasteiger partial charge is 0.253 e. The van der Waals surface area contributed by atoms with E-state index in [0.717, 1.165) is 5.56 Å². The molecule has 0 bridgehead atoms. The summed E-state index contributed by atoms with van der Waals surface area (Å²) in [6.07, 6.45) is 0. The van der Waals surface area contributed by atoms with Gasteiger partial charge in [-0.05, 0) is 25.5 Å². The quantitative estimate of drug-likeness (QED) is 0.827. The average molecular weight is 228 g/mol. The van der Waals surface area contributed by atoms with Crippen molar-refractivity contribution in [2.75, 3.05) is 6.61 Å². The van der Waals surface area contributed by atoms with Gasteiger partial charge in [-0.1, -0.05) is 23.7 Å². The third-order valence-corrected chi connectivity index (χ3v) is 2.59. The molecule has 1 atom stereocenters. The molecule has 0 radical (unpaired) electrons. The molecule has 1 amide bonds. The van der Waals surface area contributed by atoms with Crippen molar-refractivity contribution in [3.8, 4) is 0 Å².